The van der Waals surface area contributed by atoms with Gasteiger partial charge < -0.3 is 19.5 Å². The van der Waals surface area contributed by atoms with E-state index in [1.54, 1.807) is 12.0 Å². The van der Waals surface area contributed by atoms with Gasteiger partial charge in [-0.25, -0.2) is 0 Å². The molecule has 1 aromatic heterocycles. The molecule has 2 amide bonds. The molecular formula is C32H37N3O3. The van der Waals surface area contributed by atoms with Crippen LogP contribution in [0.3, 0.4) is 0 Å². The van der Waals surface area contributed by atoms with Crippen molar-refractivity contribution in [3.8, 4) is 5.75 Å². The molecule has 38 heavy (non-hydrogen) atoms. The van der Waals surface area contributed by atoms with E-state index < -0.39 is 0 Å². The van der Waals surface area contributed by atoms with Crippen molar-refractivity contribution in [3.63, 3.8) is 0 Å². The van der Waals surface area contributed by atoms with E-state index in [-0.39, 0.29) is 24.3 Å². The highest BCUT2D eigenvalue weighted by molar-refractivity contribution is 5.97. The molecule has 198 valence electrons. The summed E-state index contributed by atoms with van der Waals surface area (Å²) < 4.78 is 5.30. The zero-order chi connectivity index (χ0) is 27.1. The molecule has 0 radical (unpaired) electrons. The molecule has 6 nitrogen and oxygen atoms in total. The number of aromatic amines is 1. The Bertz CT molecular complexity index is 1370. The molecule has 4 rings (SSSR count). The Morgan fingerprint density at radius 2 is 1.63 bits per heavy atom. The van der Waals surface area contributed by atoms with Crippen molar-refractivity contribution >= 4 is 22.7 Å². The van der Waals surface area contributed by atoms with E-state index >= 15 is 0 Å². The lowest BCUT2D eigenvalue weighted by Crippen LogP contribution is -2.44. The predicted octanol–water partition coefficient (Wildman–Crippen LogP) is 5.85. The average Bonchev–Trinajstić information content (AvgIpc) is 3.33. The molecule has 3 aromatic carbocycles. The smallest absolute Gasteiger partial charge is 0.254 e. The van der Waals surface area contributed by atoms with Crippen molar-refractivity contribution in [2.45, 2.75) is 33.7 Å². The van der Waals surface area contributed by atoms with E-state index in [4.69, 9.17) is 4.74 Å². The van der Waals surface area contributed by atoms with Gasteiger partial charge in [-0.3, -0.25) is 9.59 Å². The van der Waals surface area contributed by atoms with E-state index in [2.05, 4.69) is 31.0 Å². The molecule has 0 unspecified atom stereocenters. The number of carbonyl (C=O) groups excluding carboxylic acids is 2. The monoisotopic (exact) mass is 511 g/mol. The first-order chi connectivity index (χ1) is 18.4. The number of benzene rings is 3. The van der Waals surface area contributed by atoms with Crippen molar-refractivity contribution in [1.82, 2.24) is 14.8 Å². The fourth-order valence-corrected chi connectivity index (χ4v) is 4.74. The minimum atomic E-state index is -0.105. The Morgan fingerprint density at radius 3 is 2.34 bits per heavy atom. The minimum absolute atomic E-state index is 0.0371. The van der Waals surface area contributed by atoms with Crippen LogP contribution in [0.1, 0.15) is 40.9 Å². The highest BCUT2D eigenvalue weighted by Gasteiger charge is 2.24. The molecule has 0 fully saturated rings. The number of H-pyrrole nitrogens is 1. The molecule has 0 aliphatic rings. The standard InChI is InChI=1S/C32H37N3O3/c1-23(2)20-35(32(37)28-10-6-5-9-24(28)3)22-31(36)34(21-25-13-15-27(38-4)16-14-25)18-17-26-19-33-30-12-8-7-11-29(26)30/h5-16,19,23,33H,17-18,20-22H2,1-4H3. The lowest BCUT2D eigenvalue weighted by molar-refractivity contribution is -0.132. The summed E-state index contributed by atoms with van der Waals surface area (Å²) in [6.45, 7) is 7.61. The number of hydrogen-bond acceptors (Lipinski definition) is 3. The fourth-order valence-electron chi connectivity index (χ4n) is 4.74. The van der Waals surface area contributed by atoms with Crippen LogP contribution in [-0.4, -0.2) is 53.3 Å². The number of para-hydroxylation sites is 1. The second-order valence-corrected chi connectivity index (χ2v) is 10.2. The van der Waals surface area contributed by atoms with Crippen LogP contribution in [-0.2, 0) is 17.8 Å². The zero-order valence-corrected chi connectivity index (χ0v) is 22.7. The third kappa shape index (κ3) is 6.62. The lowest BCUT2D eigenvalue weighted by atomic mass is 10.1. The van der Waals surface area contributed by atoms with Gasteiger partial charge in [0, 0.05) is 42.3 Å². The molecule has 6 heteroatoms. The number of nitrogens with one attached hydrogen (secondary N) is 1. The number of methoxy groups -OCH3 is 1. The van der Waals surface area contributed by atoms with E-state index in [9.17, 15) is 9.59 Å². The lowest BCUT2D eigenvalue weighted by Gasteiger charge is -2.29. The second-order valence-electron chi connectivity index (χ2n) is 10.2. The molecule has 1 N–H and O–H groups in total. The summed E-state index contributed by atoms with van der Waals surface area (Å²) in [6.07, 6.45) is 2.73. The van der Waals surface area contributed by atoms with Crippen molar-refractivity contribution in [2.75, 3.05) is 26.7 Å². The predicted molar refractivity (Wildman–Crippen MR) is 152 cm³/mol. The third-order valence-electron chi connectivity index (χ3n) is 6.79. The Kier molecular flexibility index (Phi) is 8.85. The molecule has 0 spiro atoms. The molecular weight excluding hydrogens is 474 g/mol. The molecule has 0 bridgehead atoms. The van der Waals surface area contributed by atoms with Gasteiger partial charge in [0.1, 0.15) is 12.3 Å². The van der Waals surface area contributed by atoms with E-state index in [1.807, 2.05) is 78.7 Å². The largest absolute Gasteiger partial charge is 0.497 e. The SMILES string of the molecule is COc1ccc(CN(CCc2c[nH]c3ccccc23)C(=O)CN(CC(C)C)C(=O)c2ccccc2C)cc1. The van der Waals surface area contributed by atoms with Crippen LogP contribution in [0.2, 0.25) is 0 Å². The van der Waals surface area contributed by atoms with Gasteiger partial charge in [-0.05, 0) is 60.2 Å². The van der Waals surface area contributed by atoms with Crippen LogP contribution in [0.4, 0.5) is 0 Å². The first-order valence-corrected chi connectivity index (χ1v) is 13.2. The highest BCUT2D eigenvalue weighted by atomic mass is 16.5. The molecule has 0 atom stereocenters. The third-order valence-corrected chi connectivity index (χ3v) is 6.79. The van der Waals surface area contributed by atoms with Crippen LogP contribution in [0.15, 0.2) is 79.0 Å². The molecule has 1 heterocycles. The normalized spacial score (nSPS) is 11.1. The summed E-state index contributed by atoms with van der Waals surface area (Å²) in [5, 5.41) is 1.17. The highest BCUT2D eigenvalue weighted by Crippen LogP contribution is 2.20. The summed E-state index contributed by atoms with van der Waals surface area (Å²) in [6, 6.07) is 23.5. The fraction of sp³-hybridized carbons (Fsp3) is 0.312. The van der Waals surface area contributed by atoms with Crippen LogP contribution < -0.4 is 4.74 Å². The summed E-state index contributed by atoms with van der Waals surface area (Å²) in [5.74, 6) is 0.837. The summed E-state index contributed by atoms with van der Waals surface area (Å²) in [7, 11) is 1.64. The van der Waals surface area contributed by atoms with Crippen molar-refractivity contribution in [2.24, 2.45) is 5.92 Å². The van der Waals surface area contributed by atoms with E-state index in [0.29, 0.717) is 31.6 Å². The van der Waals surface area contributed by atoms with Gasteiger partial charge in [0.05, 0.1) is 7.11 Å². The number of amides is 2. The van der Waals surface area contributed by atoms with E-state index in [1.165, 1.54) is 10.9 Å². The quantitative estimate of drug-likeness (QED) is 0.275. The van der Waals surface area contributed by atoms with Gasteiger partial charge in [-0.1, -0.05) is 62.4 Å². The number of ether oxygens (including phenoxy) is 1. The van der Waals surface area contributed by atoms with Gasteiger partial charge in [0.15, 0.2) is 0 Å². The molecule has 0 saturated carbocycles. The first-order valence-electron chi connectivity index (χ1n) is 13.2. The van der Waals surface area contributed by atoms with Crippen molar-refractivity contribution in [3.05, 3.63) is 101 Å². The van der Waals surface area contributed by atoms with Crippen molar-refractivity contribution in [1.29, 1.82) is 0 Å². The van der Waals surface area contributed by atoms with Gasteiger partial charge in [-0.15, -0.1) is 0 Å². The van der Waals surface area contributed by atoms with Gasteiger partial charge in [0.2, 0.25) is 5.91 Å². The average molecular weight is 512 g/mol. The van der Waals surface area contributed by atoms with Gasteiger partial charge in [0.25, 0.3) is 5.91 Å². The maximum Gasteiger partial charge on any atom is 0.254 e. The number of carbonyl (C=O) groups is 2. The molecule has 0 saturated heterocycles. The first kappa shape index (κ1) is 27.0. The number of aromatic nitrogens is 1. The molecule has 4 aromatic rings. The zero-order valence-electron chi connectivity index (χ0n) is 22.7. The molecule has 0 aliphatic heterocycles. The summed E-state index contributed by atoms with van der Waals surface area (Å²) >= 11 is 0. The number of hydrogen-bond donors (Lipinski definition) is 1. The second kappa shape index (κ2) is 12.5. The Balaban J connectivity index is 1.56. The van der Waals surface area contributed by atoms with Gasteiger partial charge >= 0.3 is 0 Å². The number of fused-ring (bicyclic) bond motifs is 1. The van der Waals surface area contributed by atoms with Gasteiger partial charge in [-0.2, -0.15) is 0 Å². The Morgan fingerprint density at radius 1 is 0.921 bits per heavy atom. The van der Waals surface area contributed by atoms with Crippen LogP contribution in [0.5, 0.6) is 5.75 Å². The van der Waals surface area contributed by atoms with Crippen LogP contribution >= 0.6 is 0 Å². The summed E-state index contributed by atoms with van der Waals surface area (Å²) in [4.78, 5) is 34.2. The number of rotatable bonds is 11. The number of nitrogens with zero attached hydrogens (tertiary/aromatic N) is 2. The maximum absolute atomic E-state index is 13.8. The number of aryl methyl sites for hydroxylation is 1. The van der Waals surface area contributed by atoms with Crippen molar-refractivity contribution < 1.29 is 14.3 Å². The molecule has 0 aliphatic carbocycles. The Hall–Kier alpha value is -4.06. The van der Waals surface area contributed by atoms with Crippen LogP contribution in [0.25, 0.3) is 10.9 Å². The topological polar surface area (TPSA) is 65.6 Å². The summed E-state index contributed by atoms with van der Waals surface area (Å²) in [5.41, 5.74) is 4.82. The minimum Gasteiger partial charge on any atom is -0.497 e. The van der Waals surface area contributed by atoms with E-state index in [0.717, 1.165) is 22.4 Å². The van der Waals surface area contributed by atoms with Crippen LogP contribution in [0, 0.1) is 12.8 Å². The maximum atomic E-state index is 13.8. The Labute approximate surface area is 225 Å².